The third-order valence-corrected chi connectivity index (χ3v) is 2.63. The molecular weight excluding hydrogens is 274 g/mol. The fraction of sp³-hybridized carbons (Fsp3) is 0.467. The molecule has 116 valence electrons. The largest absolute Gasteiger partial charge is 0.508 e. The van der Waals surface area contributed by atoms with Crippen molar-refractivity contribution < 1.29 is 24.5 Å². The summed E-state index contributed by atoms with van der Waals surface area (Å²) in [4.78, 5) is 22.8. The highest BCUT2D eigenvalue weighted by molar-refractivity contribution is 5.73. The highest BCUT2D eigenvalue weighted by Gasteiger charge is 2.21. The summed E-state index contributed by atoms with van der Waals surface area (Å²) < 4.78 is 5.05. The molecule has 1 aromatic rings. The smallest absolute Gasteiger partial charge is 0.407 e. The van der Waals surface area contributed by atoms with Gasteiger partial charge < -0.3 is 20.3 Å². The van der Waals surface area contributed by atoms with Gasteiger partial charge in [-0.3, -0.25) is 4.79 Å². The first-order valence-corrected chi connectivity index (χ1v) is 6.65. The number of carboxylic acids is 1. The standard InChI is InChI=1S/C15H21NO5/c1-15(2,3)21-14(20)16-9-11(13(18)19)7-10-5-4-6-12(17)8-10/h4-6,8,11,17H,7,9H2,1-3H3,(H,16,20)(H,18,19)/t11-/m1/s1. The molecular formula is C15H21NO5. The lowest BCUT2D eigenvalue weighted by Gasteiger charge is -2.21. The molecule has 3 N–H and O–H groups in total. The minimum Gasteiger partial charge on any atom is -0.508 e. The van der Waals surface area contributed by atoms with E-state index in [1.807, 2.05) is 0 Å². The summed E-state index contributed by atoms with van der Waals surface area (Å²) >= 11 is 0. The maximum absolute atomic E-state index is 11.5. The molecule has 0 bridgehead atoms. The minimum atomic E-state index is -1.02. The molecule has 0 aliphatic heterocycles. The molecule has 0 heterocycles. The van der Waals surface area contributed by atoms with Crippen molar-refractivity contribution in [2.75, 3.05) is 6.54 Å². The molecule has 0 aromatic heterocycles. The highest BCUT2D eigenvalue weighted by Crippen LogP contribution is 2.15. The van der Waals surface area contributed by atoms with Crippen molar-refractivity contribution in [3.05, 3.63) is 29.8 Å². The van der Waals surface area contributed by atoms with Crippen LogP contribution in [0.2, 0.25) is 0 Å². The predicted octanol–water partition coefficient (Wildman–Crippen LogP) is 2.16. The summed E-state index contributed by atoms with van der Waals surface area (Å²) in [5, 5.41) is 21.0. The van der Waals surface area contributed by atoms with Crippen molar-refractivity contribution in [3.8, 4) is 5.75 Å². The second-order valence-corrected chi connectivity index (χ2v) is 5.79. The molecule has 21 heavy (non-hydrogen) atoms. The van der Waals surface area contributed by atoms with E-state index in [9.17, 15) is 19.8 Å². The Bertz CT molecular complexity index is 507. The molecule has 0 fully saturated rings. The van der Waals surface area contributed by atoms with Gasteiger partial charge in [0.25, 0.3) is 0 Å². The number of carbonyl (C=O) groups is 2. The average Bonchev–Trinajstić information content (AvgIpc) is 2.32. The van der Waals surface area contributed by atoms with Crippen LogP contribution in [0.25, 0.3) is 0 Å². The summed E-state index contributed by atoms with van der Waals surface area (Å²) in [6.45, 7) is 5.15. The molecule has 1 aromatic carbocycles. The zero-order chi connectivity index (χ0) is 16.0. The minimum absolute atomic E-state index is 0.0418. The summed E-state index contributed by atoms with van der Waals surface area (Å²) in [5.41, 5.74) is 0.0574. The maximum Gasteiger partial charge on any atom is 0.407 e. The van der Waals surface area contributed by atoms with Crippen molar-refractivity contribution >= 4 is 12.1 Å². The van der Waals surface area contributed by atoms with Crippen LogP contribution in [0.4, 0.5) is 4.79 Å². The molecule has 1 amide bonds. The zero-order valence-electron chi connectivity index (χ0n) is 12.4. The summed E-state index contributed by atoms with van der Waals surface area (Å²) in [5.74, 6) is -1.73. The fourth-order valence-corrected chi connectivity index (χ4v) is 1.74. The highest BCUT2D eigenvalue weighted by atomic mass is 16.6. The van der Waals surface area contributed by atoms with Gasteiger partial charge in [-0.2, -0.15) is 0 Å². The number of hydrogen-bond donors (Lipinski definition) is 3. The molecule has 0 spiro atoms. The van der Waals surface area contributed by atoms with Gasteiger partial charge in [0.1, 0.15) is 11.4 Å². The second-order valence-electron chi connectivity index (χ2n) is 5.79. The van der Waals surface area contributed by atoms with Gasteiger partial charge in [0.2, 0.25) is 0 Å². The molecule has 0 radical (unpaired) electrons. The summed E-state index contributed by atoms with van der Waals surface area (Å²) in [7, 11) is 0. The molecule has 0 saturated carbocycles. The number of hydrogen-bond acceptors (Lipinski definition) is 4. The average molecular weight is 295 g/mol. The Hall–Kier alpha value is -2.24. The number of benzene rings is 1. The second kappa shape index (κ2) is 6.97. The summed E-state index contributed by atoms with van der Waals surface area (Å²) in [6, 6.07) is 6.38. The topological polar surface area (TPSA) is 95.9 Å². The van der Waals surface area contributed by atoms with E-state index in [4.69, 9.17) is 4.74 Å². The molecule has 0 aliphatic rings. The van der Waals surface area contributed by atoms with Gasteiger partial charge in [-0.1, -0.05) is 12.1 Å². The van der Waals surface area contributed by atoms with Gasteiger partial charge in [-0.05, 0) is 44.9 Å². The van der Waals surface area contributed by atoms with Crippen LogP contribution >= 0.6 is 0 Å². The number of ether oxygens (including phenoxy) is 1. The Morgan fingerprint density at radius 3 is 2.52 bits per heavy atom. The molecule has 1 rings (SSSR count). The van der Waals surface area contributed by atoms with Gasteiger partial charge in [-0.15, -0.1) is 0 Å². The van der Waals surface area contributed by atoms with E-state index in [-0.39, 0.29) is 18.7 Å². The number of phenols is 1. The first kappa shape index (κ1) is 16.8. The molecule has 6 heteroatoms. The quantitative estimate of drug-likeness (QED) is 0.773. The fourth-order valence-electron chi connectivity index (χ4n) is 1.74. The molecule has 0 unspecified atom stereocenters. The summed E-state index contributed by atoms with van der Waals surface area (Å²) in [6.07, 6.45) is -0.441. The molecule has 0 aliphatic carbocycles. The number of amides is 1. The van der Waals surface area contributed by atoms with Gasteiger partial charge in [0.15, 0.2) is 0 Å². The van der Waals surface area contributed by atoms with Crippen molar-refractivity contribution in [3.63, 3.8) is 0 Å². The maximum atomic E-state index is 11.5. The molecule has 1 atom stereocenters. The van der Waals surface area contributed by atoms with Gasteiger partial charge >= 0.3 is 12.1 Å². The first-order valence-electron chi connectivity index (χ1n) is 6.65. The van der Waals surface area contributed by atoms with Crippen LogP contribution in [0.15, 0.2) is 24.3 Å². The SMILES string of the molecule is CC(C)(C)OC(=O)NC[C@@H](Cc1cccc(O)c1)C(=O)O. The van der Waals surface area contributed by atoms with Crippen molar-refractivity contribution in [2.24, 2.45) is 5.92 Å². The zero-order valence-corrected chi connectivity index (χ0v) is 12.4. The third kappa shape index (κ3) is 6.65. The first-order chi connectivity index (χ1) is 9.67. The Labute approximate surface area is 123 Å². The monoisotopic (exact) mass is 295 g/mol. The van der Waals surface area contributed by atoms with E-state index in [0.717, 1.165) is 0 Å². The Morgan fingerprint density at radius 2 is 2.00 bits per heavy atom. The van der Waals surface area contributed by atoms with E-state index in [2.05, 4.69) is 5.32 Å². The van der Waals surface area contributed by atoms with Crippen LogP contribution in [0, 0.1) is 5.92 Å². The lowest BCUT2D eigenvalue weighted by Crippen LogP contribution is -2.37. The Morgan fingerprint density at radius 1 is 1.33 bits per heavy atom. The number of phenolic OH excluding ortho intramolecular Hbond substituents is 1. The van der Waals surface area contributed by atoms with Crippen LogP contribution in [0.5, 0.6) is 5.75 Å². The van der Waals surface area contributed by atoms with Crippen LogP contribution in [0.3, 0.4) is 0 Å². The Kier molecular flexibility index (Phi) is 5.58. The predicted molar refractivity (Wildman–Crippen MR) is 77.2 cm³/mol. The number of carboxylic acid groups (broad SMARTS) is 1. The Balaban J connectivity index is 2.59. The van der Waals surface area contributed by atoms with E-state index in [1.54, 1.807) is 32.9 Å². The number of carbonyl (C=O) groups excluding carboxylic acids is 1. The van der Waals surface area contributed by atoms with Crippen LogP contribution in [0.1, 0.15) is 26.3 Å². The van der Waals surface area contributed by atoms with Gasteiger partial charge in [0.05, 0.1) is 5.92 Å². The number of nitrogens with one attached hydrogen (secondary N) is 1. The molecule has 6 nitrogen and oxygen atoms in total. The van der Waals surface area contributed by atoms with Crippen LogP contribution in [-0.2, 0) is 16.0 Å². The van der Waals surface area contributed by atoms with Crippen molar-refractivity contribution in [1.29, 1.82) is 0 Å². The van der Waals surface area contributed by atoms with Gasteiger partial charge in [0, 0.05) is 6.54 Å². The van der Waals surface area contributed by atoms with Gasteiger partial charge in [-0.25, -0.2) is 4.79 Å². The number of alkyl carbamates (subject to hydrolysis) is 1. The van der Waals surface area contributed by atoms with E-state index < -0.39 is 23.6 Å². The molecule has 0 saturated heterocycles. The number of aromatic hydroxyl groups is 1. The lowest BCUT2D eigenvalue weighted by molar-refractivity contribution is -0.141. The lowest BCUT2D eigenvalue weighted by atomic mass is 9.99. The van der Waals surface area contributed by atoms with E-state index in [0.29, 0.717) is 5.56 Å². The third-order valence-electron chi connectivity index (χ3n) is 2.63. The van der Waals surface area contributed by atoms with E-state index in [1.165, 1.54) is 12.1 Å². The van der Waals surface area contributed by atoms with Crippen molar-refractivity contribution in [2.45, 2.75) is 32.8 Å². The van der Waals surface area contributed by atoms with Crippen molar-refractivity contribution in [1.82, 2.24) is 5.32 Å². The van der Waals surface area contributed by atoms with Crippen LogP contribution in [-0.4, -0.2) is 34.4 Å². The number of rotatable bonds is 5. The number of aliphatic carboxylic acids is 1. The van der Waals surface area contributed by atoms with Crippen LogP contribution < -0.4 is 5.32 Å². The van der Waals surface area contributed by atoms with E-state index >= 15 is 0 Å². The normalized spacial score (nSPS) is 12.5.